The van der Waals surface area contributed by atoms with Crippen molar-refractivity contribution in [1.29, 1.82) is 0 Å². The van der Waals surface area contributed by atoms with E-state index in [0.717, 1.165) is 25.1 Å². The third-order valence-electron chi connectivity index (χ3n) is 2.30. The molecule has 102 valence electrons. The maximum Gasteiger partial charge on any atom is 0.417 e. The van der Waals surface area contributed by atoms with Crippen LogP contribution in [0.4, 0.5) is 19.0 Å². The largest absolute Gasteiger partial charge is 0.417 e. The van der Waals surface area contributed by atoms with Crippen molar-refractivity contribution >= 4 is 17.4 Å². The maximum atomic E-state index is 12.4. The van der Waals surface area contributed by atoms with Crippen LogP contribution in [0.1, 0.15) is 25.3 Å². The van der Waals surface area contributed by atoms with Crippen LogP contribution in [-0.2, 0) is 6.18 Å². The number of nitrogens with two attached hydrogens (primary N) is 1. The Morgan fingerprint density at radius 3 is 2.67 bits per heavy atom. The Labute approximate surface area is 109 Å². The fraction of sp³-hybridized carbons (Fsp3) is 0.545. The molecule has 1 heterocycles. The van der Waals surface area contributed by atoms with Gasteiger partial charge in [-0.15, -0.1) is 0 Å². The van der Waals surface area contributed by atoms with E-state index in [9.17, 15) is 13.2 Å². The Bertz CT molecular complexity index is 394. The van der Waals surface area contributed by atoms with E-state index in [4.69, 9.17) is 17.3 Å². The van der Waals surface area contributed by atoms with Crippen LogP contribution in [-0.4, -0.2) is 17.6 Å². The van der Waals surface area contributed by atoms with Gasteiger partial charge in [0, 0.05) is 18.8 Å². The predicted molar refractivity (Wildman–Crippen MR) is 65.6 cm³/mol. The Morgan fingerprint density at radius 2 is 2.17 bits per heavy atom. The van der Waals surface area contributed by atoms with Gasteiger partial charge in [-0.3, -0.25) is 0 Å². The molecule has 0 spiro atoms. The second-order valence-corrected chi connectivity index (χ2v) is 4.51. The summed E-state index contributed by atoms with van der Waals surface area (Å²) >= 11 is 5.73. The standard InChI is InChI=1S/C11H15ClF3N3/c1-7(16)3-2-4-17-10-9(12)5-8(6-18-10)11(13,14)15/h5-7H,2-4,16H2,1H3,(H,17,18). The van der Waals surface area contributed by atoms with E-state index >= 15 is 0 Å². The monoisotopic (exact) mass is 281 g/mol. The van der Waals surface area contributed by atoms with Crippen LogP contribution in [0.5, 0.6) is 0 Å². The van der Waals surface area contributed by atoms with Crippen LogP contribution >= 0.6 is 11.6 Å². The van der Waals surface area contributed by atoms with Crippen molar-refractivity contribution < 1.29 is 13.2 Å². The average Bonchev–Trinajstić information content (AvgIpc) is 2.24. The number of nitrogens with one attached hydrogen (secondary N) is 1. The van der Waals surface area contributed by atoms with Crippen molar-refractivity contribution in [3.8, 4) is 0 Å². The van der Waals surface area contributed by atoms with Crippen molar-refractivity contribution in [2.75, 3.05) is 11.9 Å². The molecule has 0 aliphatic carbocycles. The van der Waals surface area contributed by atoms with Crippen LogP contribution in [0.25, 0.3) is 0 Å². The minimum absolute atomic E-state index is 0.0365. The summed E-state index contributed by atoms with van der Waals surface area (Å²) in [6, 6.07) is 0.963. The van der Waals surface area contributed by atoms with Crippen LogP contribution in [0.3, 0.4) is 0 Å². The SMILES string of the molecule is CC(N)CCCNc1ncc(C(F)(F)F)cc1Cl. The van der Waals surface area contributed by atoms with Gasteiger partial charge in [0.1, 0.15) is 5.82 Å². The van der Waals surface area contributed by atoms with Crippen molar-refractivity contribution in [3.05, 3.63) is 22.8 Å². The first-order valence-electron chi connectivity index (χ1n) is 5.53. The number of hydrogen-bond acceptors (Lipinski definition) is 3. The van der Waals surface area contributed by atoms with Gasteiger partial charge < -0.3 is 11.1 Å². The minimum Gasteiger partial charge on any atom is -0.369 e. The normalized spacial score (nSPS) is 13.4. The van der Waals surface area contributed by atoms with E-state index in [-0.39, 0.29) is 16.9 Å². The second-order valence-electron chi connectivity index (χ2n) is 4.10. The van der Waals surface area contributed by atoms with E-state index in [1.54, 1.807) is 0 Å². The van der Waals surface area contributed by atoms with Gasteiger partial charge in [-0.2, -0.15) is 13.2 Å². The van der Waals surface area contributed by atoms with E-state index in [2.05, 4.69) is 10.3 Å². The Kier molecular flexibility index (Phi) is 5.22. The van der Waals surface area contributed by atoms with Gasteiger partial charge in [-0.1, -0.05) is 11.6 Å². The molecule has 3 N–H and O–H groups in total. The molecule has 0 amide bonds. The highest BCUT2D eigenvalue weighted by Gasteiger charge is 2.31. The number of pyridine rings is 1. The Hall–Kier alpha value is -1.01. The molecule has 18 heavy (non-hydrogen) atoms. The van der Waals surface area contributed by atoms with E-state index in [1.807, 2.05) is 6.92 Å². The molecular formula is C11H15ClF3N3. The maximum absolute atomic E-state index is 12.4. The number of alkyl halides is 3. The lowest BCUT2D eigenvalue weighted by atomic mass is 10.2. The van der Waals surface area contributed by atoms with E-state index in [0.29, 0.717) is 6.54 Å². The molecule has 0 saturated heterocycles. The molecule has 1 aromatic heterocycles. The first-order chi connectivity index (χ1) is 8.30. The van der Waals surface area contributed by atoms with Gasteiger partial charge in [0.2, 0.25) is 0 Å². The molecule has 0 bridgehead atoms. The van der Waals surface area contributed by atoms with Gasteiger partial charge in [0.15, 0.2) is 0 Å². The average molecular weight is 282 g/mol. The van der Waals surface area contributed by atoms with Crippen LogP contribution in [0.2, 0.25) is 5.02 Å². The Balaban J connectivity index is 2.58. The summed E-state index contributed by atoms with van der Waals surface area (Å²) in [7, 11) is 0. The summed E-state index contributed by atoms with van der Waals surface area (Å²) in [4.78, 5) is 3.67. The number of rotatable bonds is 5. The summed E-state index contributed by atoms with van der Waals surface area (Å²) in [5.74, 6) is 0.259. The molecule has 1 aromatic rings. The highest BCUT2D eigenvalue weighted by molar-refractivity contribution is 6.32. The topological polar surface area (TPSA) is 50.9 Å². The van der Waals surface area contributed by atoms with Crippen LogP contribution in [0, 0.1) is 0 Å². The molecule has 0 aliphatic rings. The number of hydrogen-bond donors (Lipinski definition) is 2. The fourth-order valence-corrected chi connectivity index (χ4v) is 1.59. The van der Waals surface area contributed by atoms with Gasteiger partial charge in [0.05, 0.1) is 10.6 Å². The van der Waals surface area contributed by atoms with Gasteiger partial charge in [-0.05, 0) is 25.8 Å². The molecule has 0 fully saturated rings. The molecule has 1 atom stereocenters. The fourth-order valence-electron chi connectivity index (χ4n) is 1.35. The highest BCUT2D eigenvalue weighted by atomic mass is 35.5. The molecule has 0 saturated carbocycles. The minimum atomic E-state index is -4.43. The van der Waals surface area contributed by atoms with Crippen LogP contribution < -0.4 is 11.1 Å². The molecule has 0 aliphatic heterocycles. The molecule has 0 aromatic carbocycles. The van der Waals surface area contributed by atoms with Crippen molar-refractivity contribution in [2.45, 2.75) is 32.0 Å². The number of halogens is 4. The van der Waals surface area contributed by atoms with Crippen LogP contribution in [0.15, 0.2) is 12.3 Å². The van der Waals surface area contributed by atoms with Crippen molar-refractivity contribution in [1.82, 2.24) is 4.98 Å². The summed E-state index contributed by atoms with van der Waals surface area (Å²) in [6.45, 7) is 2.46. The summed E-state index contributed by atoms with van der Waals surface area (Å²) in [6.07, 6.45) is -2.04. The second kappa shape index (κ2) is 6.24. The lowest BCUT2D eigenvalue weighted by Crippen LogP contribution is -2.16. The van der Waals surface area contributed by atoms with Gasteiger partial charge in [0.25, 0.3) is 0 Å². The summed E-state index contributed by atoms with van der Waals surface area (Å²) in [5, 5.41) is 2.84. The van der Waals surface area contributed by atoms with E-state index < -0.39 is 11.7 Å². The molecule has 1 rings (SSSR count). The summed E-state index contributed by atoms with van der Waals surface area (Å²) in [5.41, 5.74) is 4.72. The zero-order valence-electron chi connectivity index (χ0n) is 9.89. The first kappa shape index (κ1) is 15.0. The van der Waals surface area contributed by atoms with E-state index in [1.165, 1.54) is 0 Å². The first-order valence-corrected chi connectivity index (χ1v) is 5.90. The summed E-state index contributed by atoms with van der Waals surface area (Å²) < 4.78 is 37.1. The number of aromatic nitrogens is 1. The quantitative estimate of drug-likeness (QED) is 0.814. The zero-order chi connectivity index (χ0) is 13.8. The molecule has 3 nitrogen and oxygen atoms in total. The van der Waals surface area contributed by atoms with Gasteiger partial charge >= 0.3 is 6.18 Å². The molecule has 0 radical (unpaired) electrons. The zero-order valence-corrected chi connectivity index (χ0v) is 10.6. The lowest BCUT2D eigenvalue weighted by molar-refractivity contribution is -0.137. The third-order valence-corrected chi connectivity index (χ3v) is 2.59. The predicted octanol–water partition coefficient (Wildman–Crippen LogP) is 3.29. The number of anilines is 1. The molecule has 1 unspecified atom stereocenters. The molecule has 7 heteroatoms. The van der Waals surface area contributed by atoms with Crippen molar-refractivity contribution in [3.63, 3.8) is 0 Å². The molecular weight excluding hydrogens is 267 g/mol. The smallest absolute Gasteiger partial charge is 0.369 e. The van der Waals surface area contributed by atoms with Gasteiger partial charge in [-0.25, -0.2) is 4.98 Å². The number of nitrogens with zero attached hydrogens (tertiary/aromatic N) is 1. The third kappa shape index (κ3) is 4.70. The van der Waals surface area contributed by atoms with Crippen molar-refractivity contribution in [2.24, 2.45) is 5.73 Å². The lowest BCUT2D eigenvalue weighted by Gasteiger charge is -2.11. The highest BCUT2D eigenvalue weighted by Crippen LogP contribution is 2.32. The Morgan fingerprint density at radius 1 is 1.50 bits per heavy atom.